The van der Waals surface area contributed by atoms with Crippen molar-refractivity contribution in [2.45, 2.75) is 26.2 Å². The van der Waals surface area contributed by atoms with Crippen molar-refractivity contribution < 1.29 is 9.53 Å². The summed E-state index contributed by atoms with van der Waals surface area (Å²) in [4.78, 5) is 14.3. The molecule has 0 spiro atoms. The average molecular weight is 398 g/mol. The van der Waals surface area contributed by atoms with Crippen LogP contribution in [0.25, 0.3) is 0 Å². The van der Waals surface area contributed by atoms with Crippen molar-refractivity contribution in [1.82, 2.24) is 5.32 Å². The molecule has 5 nitrogen and oxygen atoms in total. The molecule has 0 fully saturated rings. The molecule has 0 amide bonds. The number of carbonyl (C=O) groups is 1. The van der Waals surface area contributed by atoms with Gasteiger partial charge in [-0.25, -0.2) is 4.79 Å². The lowest BCUT2D eigenvalue weighted by Crippen LogP contribution is -2.34. The third-order valence-electron chi connectivity index (χ3n) is 5.08. The van der Waals surface area contributed by atoms with E-state index in [0.717, 1.165) is 37.3 Å². The molecule has 0 radical (unpaired) electrons. The summed E-state index contributed by atoms with van der Waals surface area (Å²) in [5, 5.41) is 7.00. The highest BCUT2D eigenvalue weighted by atomic mass is 32.1. The van der Waals surface area contributed by atoms with Gasteiger partial charge in [-0.05, 0) is 67.7 Å². The summed E-state index contributed by atoms with van der Waals surface area (Å²) < 4.78 is 4.82. The van der Waals surface area contributed by atoms with Crippen molar-refractivity contribution in [3.8, 4) is 0 Å². The number of fused-ring (bicyclic) bond motifs is 1. The molecule has 0 aliphatic carbocycles. The van der Waals surface area contributed by atoms with Gasteiger partial charge in [-0.1, -0.05) is 24.3 Å². The third kappa shape index (κ3) is 4.81. The number of aryl methyl sites for hydroxylation is 1. The molecule has 0 atom stereocenters. The number of nitrogens with zero attached hydrogens (tertiary/aromatic N) is 1. The lowest BCUT2D eigenvalue weighted by molar-refractivity contribution is 0.0600. The zero-order valence-electron chi connectivity index (χ0n) is 16.5. The van der Waals surface area contributed by atoms with Gasteiger partial charge in [0.1, 0.15) is 0 Å². The number of hydrogen-bond donors (Lipinski definition) is 2. The van der Waals surface area contributed by atoms with E-state index in [1.807, 2.05) is 19.1 Å². The Morgan fingerprint density at radius 1 is 1.21 bits per heavy atom. The van der Waals surface area contributed by atoms with Crippen molar-refractivity contribution >= 4 is 34.7 Å². The number of carbonyl (C=O) groups excluding carboxylic acids is 1. The number of methoxy groups -OCH3 is 1. The fourth-order valence-corrected chi connectivity index (χ4v) is 3.80. The average Bonchev–Trinajstić information content (AvgIpc) is 2.72. The van der Waals surface area contributed by atoms with Gasteiger partial charge < -0.3 is 20.3 Å². The number of anilines is 2. The largest absolute Gasteiger partial charge is 0.465 e. The Morgan fingerprint density at radius 3 is 2.86 bits per heavy atom. The lowest BCUT2D eigenvalue weighted by atomic mass is 10.0. The van der Waals surface area contributed by atoms with Crippen molar-refractivity contribution in [2.24, 2.45) is 0 Å². The standard InChI is InChI=1S/C22H27N3O2S/c1-16-18(21(26)27-2)10-5-11-19(16)24-22(28)23-13-7-15-25-14-6-9-17-8-3-4-12-20(17)25/h3-5,8,10-12H,6-7,9,13-15H2,1-2H3,(H2,23,24,28). The molecule has 0 bridgehead atoms. The van der Waals surface area contributed by atoms with Crippen molar-refractivity contribution in [2.75, 3.05) is 37.0 Å². The lowest BCUT2D eigenvalue weighted by Gasteiger charge is -2.31. The Morgan fingerprint density at radius 2 is 2.04 bits per heavy atom. The van der Waals surface area contributed by atoms with E-state index >= 15 is 0 Å². The normalized spacial score (nSPS) is 12.9. The van der Waals surface area contributed by atoms with Crippen LogP contribution in [-0.2, 0) is 11.2 Å². The fourth-order valence-electron chi connectivity index (χ4n) is 3.58. The van der Waals surface area contributed by atoms with E-state index in [1.54, 1.807) is 6.07 Å². The van der Waals surface area contributed by atoms with Crippen LogP contribution in [0.3, 0.4) is 0 Å². The predicted molar refractivity (Wildman–Crippen MR) is 118 cm³/mol. The summed E-state index contributed by atoms with van der Waals surface area (Å²) in [7, 11) is 1.38. The van der Waals surface area contributed by atoms with E-state index in [2.05, 4.69) is 39.8 Å². The number of para-hydroxylation sites is 1. The molecule has 0 saturated heterocycles. The molecular weight excluding hydrogens is 370 g/mol. The van der Waals surface area contributed by atoms with Crippen LogP contribution in [0.5, 0.6) is 0 Å². The van der Waals surface area contributed by atoms with Gasteiger partial charge in [0.25, 0.3) is 0 Å². The van der Waals surface area contributed by atoms with Gasteiger partial charge in [0.05, 0.1) is 12.7 Å². The summed E-state index contributed by atoms with van der Waals surface area (Å²) in [6.45, 7) is 4.79. The van der Waals surface area contributed by atoms with Crippen molar-refractivity contribution in [3.63, 3.8) is 0 Å². The number of nitrogens with one attached hydrogen (secondary N) is 2. The van der Waals surface area contributed by atoms with E-state index in [4.69, 9.17) is 17.0 Å². The van der Waals surface area contributed by atoms with E-state index in [1.165, 1.54) is 31.2 Å². The minimum Gasteiger partial charge on any atom is -0.465 e. The molecule has 0 saturated carbocycles. The second-order valence-corrected chi connectivity index (χ2v) is 7.33. The second kappa shape index (κ2) is 9.55. The first-order chi connectivity index (χ1) is 13.6. The van der Waals surface area contributed by atoms with Crippen LogP contribution in [0.4, 0.5) is 11.4 Å². The molecule has 28 heavy (non-hydrogen) atoms. The van der Waals surface area contributed by atoms with Crippen LogP contribution in [0.15, 0.2) is 42.5 Å². The zero-order valence-corrected chi connectivity index (χ0v) is 17.3. The van der Waals surface area contributed by atoms with Crippen LogP contribution in [0.2, 0.25) is 0 Å². The molecule has 6 heteroatoms. The van der Waals surface area contributed by atoms with E-state index in [9.17, 15) is 4.79 Å². The highest BCUT2D eigenvalue weighted by Crippen LogP contribution is 2.26. The van der Waals surface area contributed by atoms with Gasteiger partial charge in [-0.2, -0.15) is 0 Å². The highest BCUT2D eigenvalue weighted by molar-refractivity contribution is 7.80. The molecule has 148 valence electrons. The molecule has 3 rings (SSSR count). The Hall–Kier alpha value is -2.60. The summed E-state index contributed by atoms with van der Waals surface area (Å²) in [6.07, 6.45) is 3.38. The van der Waals surface area contributed by atoms with Gasteiger partial charge in [0, 0.05) is 31.0 Å². The van der Waals surface area contributed by atoms with Gasteiger partial charge in [0.2, 0.25) is 0 Å². The first kappa shape index (κ1) is 20.1. The Kier molecular flexibility index (Phi) is 6.87. The van der Waals surface area contributed by atoms with Crippen LogP contribution in [0, 0.1) is 6.92 Å². The summed E-state index contributed by atoms with van der Waals surface area (Å²) in [5.74, 6) is -0.346. The molecule has 0 aromatic heterocycles. The predicted octanol–water partition coefficient (Wildman–Crippen LogP) is 3.91. The topological polar surface area (TPSA) is 53.6 Å². The number of benzene rings is 2. The maximum Gasteiger partial charge on any atom is 0.338 e. The van der Waals surface area contributed by atoms with Gasteiger partial charge in [-0.15, -0.1) is 0 Å². The van der Waals surface area contributed by atoms with Gasteiger partial charge >= 0.3 is 5.97 Å². The molecule has 0 unspecified atom stereocenters. The summed E-state index contributed by atoms with van der Waals surface area (Å²) >= 11 is 5.41. The van der Waals surface area contributed by atoms with E-state index in [-0.39, 0.29) is 5.97 Å². The Labute approximate surface area is 172 Å². The molecule has 2 aromatic carbocycles. The highest BCUT2D eigenvalue weighted by Gasteiger charge is 2.15. The third-order valence-corrected chi connectivity index (χ3v) is 5.33. The monoisotopic (exact) mass is 397 g/mol. The maximum absolute atomic E-state index is 11.8. The first-order valence-corrected chi connectivity index (χ1v) is 10.1. The SMILES string of the molecule is COC(=O)c1cccc(NC(=S)NCCCN2CCCc3ccccc32)c1C. The number of rotatable bonds is 6. The molecule has 2 N–H and O–H groups in total. The Bertz CT molecular complexity index is 853. The van der Waals surface area contributed by atoms with Crippen LogP contribution < -0.4 is 15.5 Å². The maximum atomic E-state index is 11.8. The molecule has 1 aliphatic heterocycles. The van der Waals surface area contributed by atoms with Crippen molar-refractivity contribution in [3.05, 3.63) is 59.2 Å². The number of ether oxygens (including phenoxy) is 1. The summed E-state index contributed by atoms with van der Waals surface area (Å²) in [6, 6.07) is 14.1. The Balaban J connectivity index is 1.48. The smallest absolute Gasteiger partial charge is 0.338 e. The van der Waals surface area contributed by atoms with Crippen molar-refractivity contribution in [1.29, 1.82) is 0 Å². The molecule has 1 aliphatic rings. The quantitative estimate of drug-likeness (QED) is 0.438. The van der Waals surface area contributed by atoms with E-state index in [0.29, 0.717) is 10.7 Å². The number of esters is 1. The van der Waals surface area contributed by atoms with Gasteiger partial charge in [-0.3, -0.25) is 0 Å². The van der Waals surface area contributed by atoms with Gasteiger partial charge in [0.15, 0.2) is 5.11 Å². The molecule has 2 aromatic rings. The van der Waals surface area contributed by atoms with Crippen LogP contribution in [0.1, 0.15) is 34.3 Å². The number of hydrogen-bond acceptors (Lipinski definition) is 4. The minimum atomic E-state index is -0.346. The first-order valence-electron chi connectivity index (χ1n) is 9.66. The molecule has 1 heterocycles. The number of thiocarbonyl (C=S) groups is 1. The van der Waals surface area contributed by atoms with E-state index < -0.39 is 0 Å². The van der Waals surface area contributed by atoms with Crippen LogP contribution in [-0.4, -0.2) is 37.8 Å². The van der Waals surface area contributed by atoms with Crippen LogP contribution >= 0.6 is 12.2 Å². The fraction of sp³-hybridized carbons (Fsp3) is 0.364. The summed E-state index contributed by atoms with van der Waals surface area (Å²) in [5.41, 5.74) is 4.98. The zero-order chi connectivity index (χ0) is 19.9. The second-order valence-electron chi connectivity index (χ2n) is 6.92. The molecular formula is C22H27N3O2S. The minimum absolute atomic E-state index is 0.346.